The maximum atomic E-state index is 12.9. The standard InChI is InChI=1S/C20H15ClF3NO3S/c1-27-16-4-2-3-5-17(16)28-10-12-8-18(29-11-12)19(26)25-15-9-13(20(22,23)24)6-7-14(15)21/h2-9,11H,10H2,1H3,(H,25,26). The van der Waals surface area contributed by atoms with E-state index in [4.69, 9.17) is 21.1 Å². The number of carbonyl (C=O) groups is 1. The minimum atomic E-state index is -4.53. The summed E-state index contributed by atoms with van der Waals surface area (Å²) >= 11 is 7.07. The Hall–Kier alpha value is -2.71. The number of halogens is 4. The number of ether oxygens (including phenoxy) is 2. The molecular formula is C20H15ClF3NO3S. The SMILES string of the molecule is COc1ccccc1OCc1csc(C(=O)Nc2cc(C(F)(F)F)ccc2Cl)c1. The molecule has 0 aliphatic rings. The Morgan fingerprint density at radius 1 is 1.14 bits per heavy atom. The van der Waals surface area contributed by atoms with E-state index in [9.17, 15) is 18.0 Å². The third kappa shape index (κ3) is 5.21. The van der Waals surface area contributed by atoms with Gasteiger partial charge in [-0.2, -0.15) is 13.2 Å². The second kappa shape index (κ2) is 8.75. The van der Waals surface area contributed by atoms with E-state index in [1.807, 2.05) is 12.1 Å². The minimum absolute atomic E-state index is 0.0163. The lowest BCUT2D eigenvalue weighted by atomic mass is 10.2. The highest BCUT2D eigenvalue weighted by atomic mass is 35.5. The van der Waals surface area contributed by atoms with E-state index < -0.39 is 17.6 Å². The Morgan fingerprint density at radius 3 is 2.55 bits per heavy atom. The average molecular weight is 442 g/mol. The molecule has 0 radical (unpaired) electrons. The van der Waals surface area contributed by atoms with Gasteiger partial charge in [0.15, 0.2) is 11.5 Å². The largest absolute Gasteiger partial charge is 0.493 e. The van der Waals surface area contributed by atoms with Crippen molar-refractivity contribution in [2.75, 3.05) is 12.4 Å². The summed E-state index contributed by atoms with van der Waals surface area (Å²) in [6, 6.07) is 11.5. The van der Waals surface area contributed by atoms with Crippen LogP contribution in [0.4, 0.5) is 18.9 Å². The fourth-order valence-electron chi connectivity index (χ4n) is 2.45. The first-order chi connectivity index (χ1) is 13.8. The summed E-state index contributed by atoms with van der Waals surface area (Å²) in [5, 5.41) is 4.17. The molecule has 1 aromatic heterocycles. The zero-order valence-electron chi connectivity index (χ0n) is 15.0. The number of carbonyl (C=O) groups excluding carboxylic acids is 1. The maximum absolute atomic E-state index is 12.9. The van der Waals surface area contributed by atoms with Gasteiger partial charge in [-0.05, 0) is 41.8 Å². The molecule has 0 aliphatic heterocycles. The molecule has 2 aromatic carbocycles. The van der Waals surface area contributed by atoms with Gasteiger partial charge in [-0.3, -0.25) is 4.79 Å². The number of hydrogen-bond donors (Lipinski definition) is 1. The second-order valence-corrected chi connectivity index (χ2v) is 7.22. The van der Waals surface area contributed by atoms with Crippen LogP contribution < -0.4 is 14.8 Å². The molecule has 0 saturated carbocycles. The zero-order valence-corrected chi connectivity index (χ0v) is 16.6. The van der Waals surface area contributed by atoms with Crippen molar-refractivity contribution < 1.29 is 27.4 Å². The van der Waals surface area contributed by atoms with Crippen LogP contribution in [0.3, 0.4) is 0 Å². The van der Waals surface area contributed by atoms with Crippen molar-refractivity contribution >= 4 is 34.5 Å². The Labute approximate surface area is 173 Å². The van der Waals surface area contributed by atoms with Crippen LogP contribution in [0.5, 0.6) is 11.5 Å². The fourth-order valence-corrected chi connectivity index (χ4v) is 3.41. The minimum Gasteiger partial charge on any atom is -0.493 e. The summed E-state index contributed by atoms with van der Waals surface area (Å²) in [6.07, 6.45) is -4.53. The van der Waals surface area contributed by atoms with Gasteiger partial charge in [0.05, 0.1) is 28.3 Å². The predicted molar refractivity (Wildman–Crippen MR) is 106 cm³/mol. The highest BCUT2D eigenvalue weighted by Crippen LogP contribution is 2.34. The number of thiophene rings is 1. The van der Waals surface area contributed by atoms with Crippen molar-refractivity contribution in [3.8, 4) is 11.5 Å². The highest BCUT2D eigenvalue weighted by Gasteiger charge is 2.31. The predicted octanol–water partition coefficient (Wildman–Crippen LogP) is 6.26. The number of benzene rings is 2. The normalized spacial score (nSPS) is 11.2. The number of anilines is 1. The monoisotopic (exact) mass is 441 g/mol. The van der Waals surface area contributed by atoms with E-state index in [-0.39, 0.29) is 17.3 Å². The Bertz CT molecular complexity index is 1020. The van der Waals surface area contributed by atoms with Gasteiger partial charge in [0.2, 0.25) is 0 Å². The summed E-state index contributed by atoms with van der Waals surface area (Å²) in [6.45, 7) is 0.203. The molecule has 0 atom stereocenters. The van der Waals surface area contributed by atoms with E-state index in [2.05, 4.69) is 5.32 Å². The van der Waals surface area contributed by atoms with E-state index in [1.54, 1.807) is 23.6 Å². The molecule has 0 fully saturated rings. The van der Waals surface area contributed by atoms with Crippen LogP contribution in [0, 0.1) is 0 Å². The molecule has 3 aromatic rings. The molecule has 0 aliphatic carbocycles. The van der Waals surface area contributed by atoms with Gasteiger partial charge in [0.25, 0.3) is 5.91 Å². The maximum Gasteiger partial charge on any atom is 0.416 e. The van der Waals surface area contributed by atoms with Crippen LogP contribution in [0.15, 0.2) is 53.9 Å². The van der Waals surface area contributed by atoms with Crippen LogP contribution >= 0.6 is 22.9 Å². The molecule has 1 heterocycles. The lowest BCUT2D eigenvalue weighted by Crippen LogP contribution is -2.12. The zero-order chi connectivity index (χ0) is 21.0. The fraction of sp³-hybridized carbons (Fsp3) is 0.150. The van der Waals surface area contributed by atoms with Gasteiger partial charge in [0, 0.05) is 5.56 Å². The Balaban J connectivity index is 1.68. The summed E-state index contributed by atoms with van der Waals surface area (Å²) in [5.41, 5.74) is -0.262. The van der Waals surface area contributed by atoms with Gasteiger partial charge in [-0.1, -0.05) is 23.7 Å². The van der Waals surface area contributed by atoms with E-state index in [0.717, 1.165) is 35.1 Å². The highest BCUT2D eigenvalue weighted by molar-refractivity contribution is 7.12. The van der Waals surface area contributed by atoms with Crippen molar-refractivity contribution in [1.29, 1.82) is 0 Å². The molecule has 1 N–H and O–H groups in total. The summed E-state index contributed by atoms with van der Waals surface area (Å²) < 4.78 is 49.5. The topological polar surface area (TPSA) is 47.6 Å². The summed E-state index contributed by atoms with van der Waals surface area (Å²) in [5.74, 6) is 0.586. The molecule has 0 saturated heterocycles. The quantitative estimate of drug-likeness (QED) is 0.491. The molecular weight excluding hydrogens is 427 g/mol. The van der Waals surface area contributed by atoms with Crippen LogP contribution in [0.2, 0.25) is 5.02 Å². The number of hydrogen-bond acceptors (Lipinski definition) is 4. The van der Waals surface area contributed by atoms with Crippen LogP contribution in [0.25, 0.3) is 0 Å². The molecule has 3 rings (SSSR count). The Kier molecular flexibility index (Phi) is 6.34. The van der Waals surface area contributed by atoms with Gasteiger partial charge in [0.1, 0.15) is 6.61 Å². The van der Waals surface area contributed by atoms with E-state index in [1.165, 1.54) is 7.11 Å². The third-order valence-corrected chi connectivity index (χ3v) is 5.19. The van der Waals surface area contributed by atoms with Crippen molar-refractivity contribution in [3.05, 3.63) is 74.9 Å². The van der Waals surface area contributed by atoms with Crippen LogP contribution in [0.1, 0.15) is 20.8 Å². The average Bonchev–Trinajstić information content (AvgIpc) is 3.16. The number of methoxy groups -OCH3 is 1. The van der Waals surface area contributed by atoms with Gasteiger partial charge >= 0.3 is 6.18 Å². The second-order valence-electron chi connectivity index (χ2n) is 5.91. The van der Waals surface area contributed by atoms with Crippen molar-refractivity contribution in [3.63, 3.8) is 0 Å². The molecule has 4 nitrogen and oxygen atoms in total. The number of rotatable bonds is 6. The summed E-state index contributed by atoms with van der Waals surface area (Å²) in [7, 11) is 1.54. The van der Waals surface area contributed by atoms with E-state index >= 15 is 0 Å². The molecule has 0 spiro atoms. The lowest BCUT2D eigenvalue weighted by molar-refractivity contribution is -0.137. The van der Waals surface area contributed by atoms with Crippen molar-refractivity contribution in [2.24, 2.45) is 0 Å². The molecule has 0 bridgehead atoms. The smallest absolute Gasteiger partial charge is 0.416 e. The number of alkyl halides is 3. The number of para-hydroxylation sites is 2. The third-order valence-electron chi connectivity index (χ3n) is 3.88. The first-order valence-corrected chi connectivity index (χ1v) is 9.55. The number of nitrogens with one attached hydrogen (secondary N) is 1. The number of amides is 1. The molecule has 1 amide bonds. The molecule has 29 heavy (non-hydrogen) atoms. The lowest BCUT2D eigenvalue weighted by Gasteiger charge is -2.11. The molecule has 0 unspecified atom stereocenters. The molecule has 9 heteroatoms. The molecule has 152 valence electrons. The van der Waals surface area contributed by atoms with E-state index in [0.29, 0.717) is 16.4 Å². The Morgan fingerprint density at radius 2 is 1.86 bits per heavy atom. The van der Waals surface area contributed by atoms with Gasteiger partial charge in [-0.15, -0.1) is 11.3 Å². The van der Waals surface area contributed by atoms with Gasteiger partial charge in [-0.25, -0.2) is 0 Å². The van der Waals surface area contributed by atoms with Crippen LogP contribution in [-0.4, -0.2) is 13.0 Å². The van der Waals surface area contributed by atoms with Crippen LogP contribution in [-0.2, 0) is 12.8 Å². The van der Waals surface area contributed by atoms with Crippen molar-refractivity contribution in [1.82, 2.24) is 0 Å². The first kappa shape index (κ1) is 21.0. The van der Waals surface area contributed by atoms with Crippen molar-refractivity contribution in [2.45, 2.75) is 12.8 Å². The summed E-state index contributed by atoms with van der Waals surface area (Å²) in [4.78, 5) is 12.7. The van der Waals surface area contributed by atoms with Gasteiger partial charge < -0.3 is 14.8 Å². The first-order valence-electron chi connectivity index (χ1n) is 8.29.